The van der Waals surface area contributed by atoms with Crippen molar-refractivity contribution in [2.45, 2.75) is 13.0 Å². The molecule has 26 heavy (non-hydrogen) atoms. The summed E-state index contributed by atoms with van der Waals surface area (Å²) in [5.41, 5.74) is 2.94. The highest BCUT2D eigenvalue weighted by atomic mass is 19.1. The summed E-state index contributed by atoms with van der Waals surface area (Å²) in [6.07, 6.45) is 2.29. The Morgan fingerprint density at radius 2 is 1.81 bits per heavy atom. The van der Waals surface area contributed by atoms with E-state index in [0.29, 0.717) is 5.82 Å². The van der Waals surface area contributed by atoms with E-state index in [4.69, 9.17) is 0 Å². The van der Waals surface area contributed by atoms with E-state index in [-0.39, 0.29) is 11.4 Å². The number of aromatic nitrogens is 2. The minimum absolute atomic E-state index is 0.129. The molecular weight excluding hydrogens is 331 g/mol. The molecule has 5 nitrogen and oxygen atoms in total. The SMILES string of the molecule is O=C(Nc1ccccc1F)c1cc(N2CCc3ccccc3C2)ncn1. The number of carbonyl (C=O) groups is 1. The zero-order valence-electron chi connectivity index (χ0n) is 14.0. The first-order chi connectivity index (χ1) is 12.7. The van der Waals surface area contributed by atoms with Crippen LogP contribution in [0.25, 0.3) is 0 Å². The topological polar surface area (TPSA) is 58.1 Å². The predicted molar refractivity (Wildman–Crippen MR) is 97.6 cm³/mol. The number of carbonyl (C=O) groups excluding carboxylic acids is 1. The number of nitrogens with zero attached hydrogens (tertiary/aromatic N) is 3. The Kier molecular flexibility index (Phi) is 4.31. The summed E-state index contributed by atoms with van der Waals surface area (Å²) < 4.78 is 13.7. The molecule has 0 atom stereocenters. The normalized spacial score (nSPS) is 13.2. The molecule has 1 aromatic heterocycles. The first kappa shape index (κ1) is 16.2. The van der Waals surface area contributed by atoms with Gasteiger partial charge in [0.25, 0.3) is 5.91 Å². The molecule has 6 heteroatoms. The lowest BCUT2D eigenvalue weighted by Gasteiger charge is -2.29. The number of nitrogens with one attached hydrogen (secondary N) is 1. The van der Waals surface area contributed by atoms with Crippen LogP contribution in [0.1, 0.15) is 21.6 Å². The van der Waals surface area contributed by atoms with Crippen molar-refractivity contribution in [3.8, 4) is 0 Å². The zero-order chi connectivity index (χ0) is 17.9. The second-order valence-electron chi connectivity index (χ2n) is 6.14. The molecule has 3 aromatic rings. The summed E-state index contributed by atoms with van der Waals surface area (Å²) in [7, 11) is 0. The number of anilines is 2. The second kappa shape index (κ2) is 6.92. The van der Waals surface area contributed by atoms with Gasteiger partial charge in [-0.05, 0) is 29.7 Å². The smallest absolute Gasteiger partial charge is 0.274 e. The molecular formula is C20H17FN4O. The third kappa shape index (κ3) is 3.26. The summed E-state index contributed by atoms with van der Waals surface area (Å²) in [5, 5.41) is 2.55. The molecule has 0 saturated heterocycles. The molecule has 0 saturated carbocycles. The van der Waals surface area contributed by atoms with Crippen molar-refractivity contribution >= 4 is 17.4 Å². The molecule has 1 N–H and O–H groups in total. The first-order valence-electron chi connectivity index (χ1n) is 8.40. The Labute approximate surface area is 150 Å². The largest absolute Gasteiger partial charge is 0.352 e. The van der Waals surface area contributed by atoms with Crippen LogP contribution in [0.2, 0.25) is 0 Å². The maximum Gasteiger partial charge on any atom is 0.274 e. The van der Waals surface area contributed by atoms with E-state index in [1.807, 2.05) is 12.1 Å². The van der Waals surface area contributed by atoms with Gasteiger partial charge in [-0.1, -0.05) is 36.4 Å². The average Bonchev–Trinajstić information content (AvgIpc) is 2.69. The number of amides is 1. The van der Waals surface area contributed by atoms with E-state index in [0.717, 1.165) is 19.5 Å². The zero-order valence-corrected chi connectivity index (χ0v) is 14.0. The van der Waals surface area contributed by atoms with Crippen molar-refractivity contribution in [3.05, 3.63) is 83.6 Å². The highest BCUT2D eigenvalue weighted by Crippen LogP contribution is 2.23. The van der Waals surface area contributed by atoms with Crippen LogP contribution in [0.4, 0.5) is 15.9 Å². The molecule has 130 valence electrons. The van der Waals surface area contributed by atoms with Crippen LogP contribution in [0.5, 0.6) is 0 Å². The molecule has 0 bridgehead atoms. The Morgan fingerprint density at radius 1 is 1.04 bits per heavy atom. The highest BCUT2D eigenvalue weighted by molar-refractivity contribution is 6.03. The van der Waals surface area contributed by atoms with Crippen molar-refractivity contribution in [2.24, 2.45) is 0 Å². The number of benzene rings is 2. The maximum absolute atomic E-state index is 13.7. The van der Waals surface area contributed by atoms with Crippen LogP contribution < -0.4 is 10.2 Å². The van der Waals surface area contributed by atoms with Crippen LogP contribution >= 0.6 is 0 Å². The van der Waals surface area contributed by atoms with Gasteiger partial charge in [-0.3, -0.25) is 4.79 Å². The summed E-state index contributed by atoms with van der Waals surface area (Å²) in [6.45, 7) is 1.56. The molecule has 1 aliphatic heterocycles. The van der Waals surface area contributed by atoms with Crippen LogP contribution in [-0.4, -0.2) is 22.4 Å². The molecule has 1 amide bonds. The third-order valence-corrected chi connectivity index (χ3v) is 4.46. The predicted octanol–water partition coefficient (Wildman–Crippen LogP) is 3.43. The van der Waals surface area contributed by atoms with E-state index < -0.39 is 11.7 Å². The van der Waals surface area contributed by atoms with E-state index >= 15 is 0 Å². The lowest BCUT2D eigenvalue weighted by Crippen LogP contribution is -2.31. The van der Waals surface area contributed by atoms with Crippen LogP contribution in [0.15, 0.2) is 60.9 Å². The van der Waals surface area contributed by atoms with E-state index in [1.54, 1.807) is 18.2 Å². The molecule has 1 aliphatic rings. The number of hydrogen-bond acceptors (Lipinski definition) is 4. The van der Waals surface area contributed by atoms with Gasteiger partial charge in [-0.25, -0.2) is 14.4 Å². The lowest BCUT2D eigenvalue weighted by atomic mass is 10.00. The van der Waals surface area contributed by atoms with Gasteiger partial charge in [0.15, 0.2) is 0 Å². The second-order valence-corrected chi connectivity index (χ2v) is 6.14. The van der Waals surface area contributed by atoms with E-state index in [1.165, 1.54) is 29.6 Å². The number of halogens is 1. The molecule has 2 aromatic carbocycles. The summed E-state index contributed by atoms with van der Waals surface area (Å²) >= 11 is 0. The summed E-state index contributed by atoms with van der Waals surface area (Å²) in [4.78, 5) is 22.9. The van der Waals surface area contributed by atoms with Crippen LogP contribution in [0.3, 0.4) is 0 Å². The van der Waals surface area contributed by atoms with Gasteiger partial charge in [0, 0.05) is 19.2 Å². The monoisotopic (exact) mass is 348 g/mol. The van der Waals surface area contributed by atoms with Crippen LogP contribution in [0, 0.1) is 5.82 Å². The Hall–Kier alpha value is -3.28. The molecule has 0 radical (unpaired) electrons. The lowest BCUT2D eigenvalue weighted by molar-refractivity contribution is 0.102. The van der Waals surface area contributed by atoms with Gasteiger partial charge in [0.2, 0.25) is 0 Å². The maximum atomic E-state index is 13.7. The summed E-state index contributed by atoms with van der Waals surface area (Å²) in [5.74, 6) is -0.257. The van der Waals surface area contributed by atoms with Crippen LogP contribution in [-0.2, 0) is 13.0 Å². The number of fused-ring (bicyclic) bond motifs is 1. The standard InChI is InChI=1S/C20H17FN4O/c21-16-7-3-4-8-17(16)24-20(26)18-11-19(23-13-22-18)25-10-9-14-5-1-2-6-15(14)12-25/h1-8,11,13H,9-10,12H2,(H,24,26). The Balaban J connectivity index is 1.54. The van der Waals surface area contributed by atoms with Gasteiger partial charge in [-0.15, -0.1) is 0 Å². The molecule has 2 heterocycles. The van der Waals surface area contributed by atoms with E-state index in [2.05, 4.69) is 32.3 Å². The molecule has 0 fully saturated rings. The van der Waals surface area contributed by atoms with Crippen molar-refractivity contribution < 1.29 is 9.18 Å². The van der Waals surface area contributed by atoms with Crippen molar-refractivity contribution in [1.29, 1.82) is 0 Å². The van der Waals surface area contributed by atoms with E-state index in [9.17, 15) is 9.18 Å². The minimum Gasteiger partial charge on any atom is -0.352 e. The third-order valence-electron chi connectivity index (χ3n) is 4.46. The fraction of sp³-hybridized carbons (Fsp3) is 0.150. The average molecular weight is 348 g/mol. The molecule has 0 aliphatic carbocycles. The van der Waals surface area contributed by atoms with Crippen molar-refractivity contribution in [2.75, 3.05) is 16.8 Å². The molecule has 0 spiro atoms. The number of para-hydroxylation sites is 1. The highest BCUT2D eigenvalue weighted by Gasteiger charge is 2.19. The fourth-order valence-electron chi connectivity index (χ4n) is 3.08. The van der Waals surface area contributed by atoms with Gasteiger partial charge in [-0.2, -0.15) is 0 Å². The van der Waals surface area contributed by atoms with Gasteiger partial charge >= 0.3 is 0 Å². The fourth-order valence-corrected chi connectivity index (χ4v) is 3.08. The Morgan fingerprint density at radius 3 is 2.65 bits per heavy atom. The Bertz CT molecular complexity index is 960. The number of rotatable bonds is 3. The quantitative estimate of drug-likeness (QED) is 0.788. The molecule has 4 rings (SSSR count). The van der Waals surface area contributed by atoms with Gasteiger partial charge < -0.3 is 10.2 Å². The van der Waals surface area contributed by atoms with Crippen molar-refractivity contribution in [3.63, 3.8) is 0 Å². The van der Waals surface area contributed by atoms with Gasteiger partial charge in [0.05, 0.1) is 5.69 Å². The number of hydrogen-bond donors (Lipinski definition) is 1. The van der Waals surface area contributed by atoms with Gasteiger partial charge in [0.1, 0.15) is 23.7 Å². The first-order valence-corrected chi connectivity index (χ1v) is 8.40. The molecule has 0 unspecified atom stereocenters. The summed E-state index contributed by atoms with van der Waals surface area (Å²) in [6, 6.07) is 16.0. The minimum atomic E-state index is -0.484. The van der Waals surface area contributed by atoms with Crippen molar-refractivity contribution in [1.82, 2.24) is 9.97 Å².